The van der Waals surface area contributed by atoms with Gasteiger partial charge in [-0.05, 0) is 55.3 Å². The largest absolute Gasteiger partial charge is 1.00 e. The fourth-order valence-corrected chi connectivity index (χ4v) is 4.94. The third kappa shape index (κ3) is 7.03. The number of nitrogens with zero attached hydrogens (tertiary/aromatic N) is 5. The van der Waals surface area contributed by atoms with Crippen LogP contribution in [0.1, 0.15) is 76.4 Å². The molecule has 160 valence electrons. The quantitative estimate of drug-likeness (QED) is 0.248. The molecule has 0 aliphatic carbocycles. The van der Waals surface area contributed by atoms with E-state index in [9.17, 15) is 0 Å². The van der Waals surface area contributed by atoms with Crippen molar-refractivity contribution in [1.82, 2.24) is 19.6 Å². The Balaban J connectivity index is 0.000000489. The second-order valence-electron chi connectivity index (χ2n) is 7.18. The van der Waals surface area contributed by atoms with Crippen LogP contribution in [0.25, 0.3) is 21.4 Å². The van der Waals surface area contributed by atoms with Crippen LogP contribution in [0.15, 0.2) is 12.3 Å². The fraction of sp³-hybridized carbons (Fsp3) is 0.591. The Hall–Kier alpha value is -0.463. The molecule has 0 unspecified atom stereocenters. The average Bonchev–Trinajstić information content (AvgIpc) is 3.26. The first-order chi connectivity index (χ1) is 14.0. The van der Waals surface area contributed by atoms with E-state index < -0.39 is 0 Å². The number of aryl methyl sites for hydroxylation is 2. The molecule has 0 fully saturated rings. The maximum absolute atomic E-state index is 4.79. The third-order valence-corrected chi connectivity index (χ3v) is 6.55. The second kappa shape index (κ2) is 13.8. The van der Waals surface area contributed by atoms with Crippen molar-refractivity contribution in [2.75, 3.05) is 13.1 Å². The minimum absolute atomic E-state index is 0. The second-order valence-corrected chi connectivity index (χ2v) is 9.96. The topological polar surface area (TPSA) is 57.2 Å². The zero-order valence-corrected chi connectivity index (χ0v) is 22.5. The normalized spacial score (nSPS) is 10.8. The van der Waals surface area contributed by atoms with E-state index in [4.69, 9.17) is 10.1 Å². The standard InChI is InChI=1S/C16H19IN4S.C6H14N.Li/c1-5-11(6-2)12-7-9(3)19-15-14(10(4)20-21(12)15)13-8-18-16(17)22-13;1-3-5-7-6-4-2;/h7-8,11H,5-6H2,1-4H3;3-6H2,1-2H3;/q;-1;+1. The zero-order chi connectivity index (χ0) is 21.4. The van der Waals surface area contributed by atoms with Crippen LogP contribution < -0.4 is 18.9 Å². The maximum atomic E-state index is 4.79. The third-order valence-electron chi connectivity index (χ3n) is 4.81. The molecule has 30 heavy (non-hydrogen) atoms. The summed E-state index contributed by atoms with van der Waals surface area (Å²) in [4.78, 5) is 10.3. The molecule has 3 heterocycles. The van der Waals surface area contributed by atoms with Gasteiger partial charge in [0.05, 0.1) is 16.1 Å². The van der Waals surface area contributed by atoms with Crippen LogP contribution in [0.4, 0.5) is 0 Å². The van der Waals surface area contributed by atoms with E-state index in [-0.39, 0.29) is 18.9 Å². The Bertz CT molecular complexity index is 900. The number of rotatable bonds is 8. The molecule has 0 radical (unpaired) electrons. The Morgan fingerprint density at radius 3 is 2.23 bits per heavy atom. The van der Waals surface area contributed by atoms with Crippen molar-refractivity contribution >= 4 is 39.6 Å². The SMILES string of the molecule is CCC(CC)c1cc(C)nc2c(-c3cnc(I)s3)c(C)nn12.CCC[N-]CCC.[Li+]. The fourth-order valence-electron chi connectivity index (χ4n) is 3.36. The van der Waals surface area contributed by atoms with Gasteiger partial charge in [-0.2, -0.15) is 5.10 Å². The van der Waals surface area contributed by atoms with Gasteiger partial charge in [-0.25, -0.2) is 14.5 Å². The summed E-state index contributed by atoms with van der Waals surface area (Å²) in [7, 11) is 0. The molecule has 0 bridgehead atoms. The van der Waals surface area contributed by atoms with Gasteiger partial charge >= 0.3 is 18.9 Å². The van der Waals surface area contributed by atoms with E-state index in [1.54, 1.807) is 11.3 Å². The van der Waals surface area contributed by atoms with Crippen LogP contribution in [0.3, 0.4) is 0 Å². The first kappa shape index (κ1) is 27.6. The van der Waals surface area contributed by atoms with Gasteiger partial charge in [0, 0.05) is 23.5 Å². The molecule has 5 nitrogen and oxygen atoms in total. The van der Waals surface area contributed by atoms with Crippen molar-refractivity contribution in [3.8, 4) is 10.4 Å². The minimum Gasteiger partial charge on any atom is -0.662 e. The van der Waals surface area contributed by atoms with E-state index in [0.29, 0.717) is 5.92 Å². The van der Waals surface area contributed by atoms with Crippen LogP contribution in [-0.4, -0.2) is 32.7 Å². The summed E-state index contributed by atoms with van der Waals surface area (Å²) >= 11 is 3.95. The smallest absolute Gasteiger partial charge is 0.662 e. The molecule has 0 spiro atoms. The summed E-state index contributed by atoms with van der Waals surface area (Å²) in [6.45, 7) is 15.0. The van der Waals surface area contributed by atoms with E-state index in [0.717, 1.165) is 56.4 Å². The van der Waals surface area contributed by atoms with E-state index in [1.165, 1.54) is 18.5 Å². The first-order valence-corrected chi connectivity index (χ1v) is 12.5. The molecule has 0 N–H and O–H groups in total. The maximum Gasteiger partial charge on any atom is 1.00 e. The van der Waals surface area contributed by atoms with Gasteiger partial charge in [-0.15, -0.1) is 24.4 Å². The predicted octanol–water partition coefficient (Wildman–Crippen LogP) is 4.16. The molecule has 0 aliphatic heterocycles. The Labute approximate surface area is 211 Å². The van der Waals surface area contributed by atoms with Gasteiger partial charge in [0.25, 0.3) is 0 Å². The molecule has 3 aromatic rings. The summed E-state index contributed by atoms with van der Waals surface area (Å²) in [5, 5.41) is 9.00. The molecular formula is C22H33ILiN5S. The molecule has 0 saturated heterocycles. The van der Waals surface area contributed by atoms with Crippen molar-refractivity contribution in [3.63, 3.8) is 0 Å². The number of thiazole rings is 1. The first-order valence-electron chi connectivity index (χ1n) is 10.6. The van der Waals surface area contributed by atoms with Crippen LogP contribution in [-0.2, 0) is 0 Å². The minimum atomic E-state index is 0. The molecule has 0 atom stereocenters. The average molecular weight is 533 g/mol. The van der Waals surface area contributed by atoms with E-state index in [1.807, 2.05) is 10.7 Å². The van der Waals surface area contributed by atoms with Crippen LogP contribution in [0.5, 0.6) is 0 Å². The van der Waals surface area contributed by atoms with Crippen molar-refractivity contribution in [2.45, 2.75) is 73.1 Å². The number of aromatic nitrogens is 4. The van der Waals surface area contributed by atoms with Crippen molar-refractivity contribution in [3.05, 3.63) is 37.7 Å². The van der Waals surface area contributed by atoms with Gasteiger partial charge in [0.2, 0.25) is 0 Å². The van der Waals surface area contributed by atoms with Gasteiger partial charge in [0.1, 0.15) is 0 Å². The van der Waals surface area contributed by atoms with Gasteiger partial charge in [-0.3, -0.25) is 0 Å². The van der Waals surface area contributed by atoms with Crippen LogP contribution in [0, 0.1) is 16.9 Å². The van der Waals surface area contributed by atoms with Gasteiger partial charge in [0.15, 0.2) is 8.66 Å². The molecule has 8 heteroatoms. The number of hydrogen-bond donors (Lipinski definition) is 0. The molecule has 0 saturated carbocycles. The van der Waals surface area contributed by atoms with Gasteiger partial charge in [-0.1, -0.05) is 40.5 Å². The Morgan fingerprint density at radius 2 is 1.73 bits per heavy atom. The molecule has 0 aromatic carbocycles. The number of fused-ring (bicyclic) bond motifs is 1. The zero-order valence-electron chi connectivity index (χ0n) is 19.5. The molecular weight excluding hydrogens is 500 g/mol. The number of halogens is 1. The van der Waals surface area contributed by atoms with Crippen molar-refractivity contribution in [2.24, 2.45) is 0 Å². The van der Waals surface area contributed by atoms with Crippen LogP contribution >= 0.6 is 33.9 Å². The molecule has 0 amide bonds. The molecule has 0 aliphatic rings. The molecule has 3 aromatic heterocycles. The van der Waals surface area contributed by atoms with Gasteiger partial charge < -0.3 is 5.32 Å². The number of hydrogen-bond acceptors (Lipinski definition) is 4. The van der Waals surface area contributed by atoms with Crippen LogP contribution in [0.2, 0.25) is 0 Å². The summed E-state index contributed by atoms with van der Waals surface area (Å²) < 4.78 is 3.08. The van der Waals surface area contributed by atoms with Crippen molar-refractivity contribution < 1.29 is 18.9 Å². The predicted molar refractivity (Wildman–Crippen MR) is 133 cm³/mol. The van der Waals surface area contributed by atoms with Crippen molar-refractivity contribution in [1.29, 1.82) is 0 Å². The monoisotopic (exact) mass is 533 g/mol. The summed E-state index contributed by atoms with van der Waals surface area (Å²) in [6, 6.07) is 2.18. The summed E-state index contributed by atoms with van der Waals surface area (Å²) in [5.74, 6) is 0.512. The molecule has 3 rings (SSSR count). The Morgan fingerprint density at radius 1 is 1.10 bits per heavy atom. The summed E-state index contributed by atoms with van der Waals surface area (Å²) in [6.07, 6.45) is 6.54. The summed E-state index contributed by atoms with van der Waals surface area (Å²) in [5.41, 5.74) is 5.41. The van der Waals surface area contributed by atoms with E-state index >= 15 is 0 Å². The Kier molecular flexibility index (Phi) is 12.7. The van der Waals surface area contributed by atoms with E-state index in [2.05, 4.69) is 80.5 Å².